The lowest BCUT2D eigenvalue weighted by Gasteiger charge is -2.32. The van der Waals surface area contributed by atoms with Crippen molar-refractivity contribution in [3.63, 3.8) is 0 Å². The molecule has 160 valence electrons. The predicted molar refractivity (Wildman–Crippen MR) is 111 cm³/mol. The summed E-state index contributed by atoms with van der Waals surface area (Å²) in [6, 6.07) is 9.30. The average Bonchev–Trinajstić information content (AvgIpc) is 3.52. The molecule has 0 saturated carbocycles. The van der Waals surface area contributed by atoms with Crippen molar-refractivity contribution in [2.24, 2.45) is 0 Å². The van der Waals surface area contributed by atoms with Gasteiger partial charge in [0.15, 0.2) is 0 Å². The Labute approximate surface area is 180 Å². The molecule has 0 bridgehead atoms. The van der Waals surface area contributed by atoms with E-state index < -0.39 is 17.7 Å². The summed E-state index contributed by atoms with van der Waals surface area (Å²) < 4.78 is 36.0. The van der Waals surface area contributed by atoms with Crippen LogP contribution >= 0.6 is 0 Å². The van der Waals surface area contributed by atoms with Crippen LogP contribution in [0.25, 0.3) is 17.0 Å². The molecule has 0 radical (unpaired) electrons. The minimum atomic E-state index is -0.763. The van der Waals surface area contributed by atoms with Crippen molar-refractivity contribution in [3.8, 4) is 11.5 Å². The van der Waals surface area contributed by atoms with Gasteiger partial charge in [0.25, 0.3) is 5.89 Å². The summed E-state index contributed by atoms with van der Waals surface area (Å²) in [6.07, 6.45) is 4.20. The molecule has 1 aliphatic heterocycles. The van der Waals surface area contributed by atoms with Gasteiger partial charge in [0.05, 0.1) is 23.2 Å². The SMILES string of the molecule is Cc1cccn2nc([C@H]3c4nc[nH]c4CCN3c3nnc(-c4c(F)cccc4F)o3)cc12. The predicted octanol–water partition coefficient (Wildman–Crippen LogP) is 3.85. The fourth-order valence-electron chi connectivity index (χ4n) is 4.23. The first-order chi connectivity index (χ1) is 15.6. The van der Waals surface area contributed by atoms with E-state index in [4.69, 9.17) is 9.52 Å². The highest BCUT2D eigenvalue weighted by Gasteiger charge is 2.36. The minimum absolute atomic E-state index is 0.148. The van der Waals surface area contributed by atoms with Gasteiger partial charge in [0.1, 0.15) is 23.2 Å². The highest BCUT2D eigenvalue weighted by atomic mass is 19.1. The first-order valence-corrected chi connectivity index (χ1v) is 10.1. The maximum absolute atomic E-state index is 14.2. The van der Waals surface area contributed by atoms with Crippen molar-refractivity contribution in [2.45, 2.75) is 19.4 Å². The monoisotopic (exact) mass is 433 g/mol. The van der Waals surface area contributed by atoms with Crippen molar-refractivity contribution >= 4 is 11.5 Å². The summed E-state index contributed by atoms with van der Waals surface area (Å²) in [5, 5.41) is 12.8. The Morgan fingerprint density at radius 3 is 2.78 bits per heavy atom. The number of aromatic amines is 1. The molecule has 0 spiro atoms. The molecule has 1 atom stereocenters. The van der Waals surface area contributed by atoms with Gasteiger partial charge in [-0.25, -0.2) is 18.3 Å². The molecule has 0 unspecified atom stereocenters. The minimum Gasteiger partial charge on any atom is -0.403 e. The van der Waals surface area contributed by atoms with Crippen LogP contribution in [-0.4, -0.2) is 36.3 Å². The maximum Gasteiger partial charge on any atom is 0.319 e. The van der Waals surface area contributed by atoms with E-state index in [1.165, 1.54) is 6.07 Å². The number of hydrogen-bond acceptors (Lipinski definition) is 6. The van der Waals surface area contributed by atoms with Gasteiger partial charge in [-0.05, 0) is 36.8 Å². The van der Waals surface area contributed by atoms with E-state index in [-0.39, 0.29) is 17.5 Å². The number of benzene rings is 1. The summed E-state index contributed by atoms with van der Waals surface area (Å²) in [5.41, 5.74) is 4.28. The summed E-state index contributed by atoms with van der Waals surface area (Å²) in [6.45, 7) is 2.56. The molecule has 0 saturated heterocycles. The Kier molecular flexibility index (Phi) is 4.07. The second kappa shape index (κ2) is 6.98. The van der Waals surface area contributed by atoms with E-state index in [9.17, 15) is 8.78 Å². The Morgan fingerprint density at radius 1 is 1.12 bits per heavy atom. The molecule has 4 aromatic heterocycles. The van der Waals surface area contributed by atoms with Crippen molar-refractivity contribution in [2.75, 3.05) is 11.4 Å². The lowest BCUT2D eigenvalue weighted by Crippen LogP contribution is -2.36. The average molecular weight is 433 g/mol. The van der Waals surface area contributed by atoms with E-state index >= 15 is 0 Å². The zero-order valence-corrected chi connectivity index (χ0v) is 17.0. The fourth-order valence-corrected chi connectivity index (χ4v) is 4.23. The molecule has 5 heterocycles. The third-order valence-corrected chi connectivity index (χ3v) is 5.77. The van der Waals surface area contributed by atoms with Gasteiger partial charge in [-0.3, -0.25) is 0 Å². The second-order valence-corrected chi connectivity index (χ2v) is 7.69. The van der Waals surface area contributed by atoms with Crippen molar-refractivity contribution in [3.05, 3.63) is 83.2 Å². The van der Waals surface area contributed by atoms with E-state index in [1.54, 1.807) is 6.33 Å². The first-order valence-electron chi connectivity index (χ1n) is 10.1. The largest absolute Gasteiger partial charge is 0.403 e. The molecule has 1 aromatic carbocycles. The number of rotatable bonds is 3. The number of nitrogens with zero attached hydrogens (tertiary/aromatic N) is 6. The van der Waals surface area contributed by atoms with Gasteiger partial charge in [-0.2, -0.15) is 5.10 Å². The van der Waals surface area contributed by atoms with Crippen molar-refractivity contribution < 1.29 is 13.2 Å². The van der Waals surface area contributed by atoms with Crippen LogP contribution in [0.4, 0.5) is 14.8 Å². The molecule has 8 nitrogen and oxygen atoms in total. The maximum atomic E-state index is 14.2. The molecule has 0 amide bonds. The van der Waals surface area contributed by atoms with Crippen molar-refractivity contribution in [1.82, 2.24) is 29.8 Å². The summed E-state index contributed by atoms with van der Waals surface area (Å²) in [4.78, 5) is 9.57. The van der Waals surface area contributed by atoms with Gasteiger partial charge in [0.2, 0.25) is 0 Å². The molecular weight excluding hydrogens is 416 g/mol. The standard InChI is InChI=1S/C22H17F2N7O/c1-12-4-3-8-31-17(12)10-16(29-31)20-19-15(25-11-26-19)7-9-30(20)22-28-27-21(32-22)18-13(23)5-2-6-14(18)24/h2-6,8,10-11,20H,7,9H2,1H3,(H,25,26)/t20-/m0/s1. The Hall–Kier alpha value is -4.08. The van der Waals surface area contributed by atoms with Gasteiger partial charge in [-0.1, -0.05) is 17.2 Å². The molecule has 1 N–H and O–H groups in total. The summed E-state index contributed by atoms with van der Waals surface area (Å²) >= 11 is 0. The molecule has 0 aliphatic carbocycles. The van der Waals surface area contributed by atoms with Gasteiger partial charge in [-0.15, -0.1) is 5.10 Å². The van der Waals surface area contributed by atoms with Crippen LogP contribution in [0.15, 0.2) is 53.3 Å². The number of anilines is 1. The van der Waals surface area contributed by atoms with E-state index in [2.05, 4.69) is 20.2 Å². The van der Waals surface area contributed by atoms with E-state index in [0.717, 1.165) is 40.3 Å². The zero-order valence-electron chi connectivity index (χ0n) is 17.0. The van der Waals surface area contributed by atoms with Crippen LogP contribution < -0.4 is 4.90 Å². The van der Waals surface area contributed by atoms with E-state index in [0.29, 0.717) is 13.0 Å². The number of H-pyrrole nitrogens is 1. The Morgan fingerprint density at radius 2 is 1.97 bits per heavy atom. The summed E-state index contributed by atoms with van der Waals surface area (Å²) in [7, 11) is 0. The highest BCUT2D eigenvalue weighted by Crippen LogP contribution is 2.37. The van der Waals surface area contributed by atoms with Crippen LogP contribution in [0.1, 0.15) is 28.7 Å². The third-order valence-electron chi connectivity index (χ3n) is 5.77. The normalized spacial score (nSPS) is 16.0. The smallest absolute Gasteiger partial charge is 0.319 e. The van der Waals surface area contributed by atoms with Gasteiger partial charge < -0.3 is 14.3 Å². The first kappa shape index (κ1) is 18.7. The fraction of sp³-hybridized carbons (Fsp3) is 0.182. The highest BCUT2D eigenvalue weighted by molar-refractivity contribution is 5.58. The number of hydrogen-bond donors (Lipinski definition) is 1. The molecule has 1 aliphatic rings. The van der Waals surface area contributed by atoms with Gasteiger partial charge >= 0.3 is 6.01 Å². The van der Waals surface area contributed by atoms with E-state index in [1.807, 2.05) is 40.7 Å². The lowest BCUT2D eigenvalue weighted by molar-refractivity contribution is 0.496. The summed E-state index contributed by atoms with van der Waals surface area (Å²) in [5.74, 6) is -1.74. The molecular formula is C22H17F2N7O. The zero-order chi connectivity index (χ0) is 21.8. The Balaban J connectivity index is 1.47. The lowest BCUT2D eigenvalue weighted by atomic mass is 10.00. The Bertz CT molecular complexity index is 1430. The number of fused-ring (bicyclic) bond motifs is 2. The topological polar surface area (TPSA) is 88.1 Å². The number of imidazole rings is 1. The van der Waals surface area contributed by atoms with Crippen LogP contribution in [0.2, 0.25) is 0 Å². The van der Waals surface area contributed by atoms with Crippen LogP contribution in [0, 0.1) is 18.6 Å². The van der Waals surface area contributed by atoms with Crippen LogP contribution in [-0.2, 0) is 6.42 Å². The molecule has 6 rings (SSSR count). The number of aromatic nitrogens is 6. The number of aryl methyl sites for hydroxylation is 1. The van der Waals surface area contributed by atoms with Crippen LogP contribution in [0.5, 0.6) is 0 Å². The second-order valence-electron chi connectivity index (χ2n) is 7.69. The van der Waals surface area contributed by atoms with Crippen LogP contribution in [0.3, 0.4) is 0 Å². The molecule has 0 fully saturated rings. The quantitative estimate of drug-likeness (QED) is 0.465. The third kappa shape index (κ3) is 2.79. The van der Waals surface area contributed by atoms with Crippen molar-refractivity contribution in [1.29, 1.82) is 0 Å². The molecule has 10 heteroatoms. The number of halogens is 2. The number of nitrogens with one attached hydrogen (secondary N) is 1. The molecule has 5 aromatic rings. The molecule has 32 heavy (non-hydrogen) atoms. The number of pyridine rings is 1. The van der Waals surface area contributed by atoms with Gasteiger partial charge in [0, 0.05) is 24.9 Å².